The van der Waals surface area contributed by atoms with Crippen LogP contribution in [0.4, 0.5) is 5.69 Å². The van der Waals surface area contributed by atoms with Crippen LogP contribution in [0.15, 0.2) is 30.6 Å². The van der Waals surface area contributed by atoms with Crippen LogP contribution in [0.25, 0.3) is 0 Å². The molecule has 1 fully saturated rings. The molecule has 0 atom stereocenters. The first-order valence-corrected chi connectivity index (χ1v) is 9.65. The van der Waals surface area contributed by atoms with Gasteiger partial charge in [-0.1, -0.05) is 26.0 Å². The third-order valence-electron chi connectivity index (χ3n) is 4.68. The van der Waals surface area contributed by atoms with E-state index in [1.165, 1.54) is 11.0 Å². The third kappa shape index (κ3) is 5.05. The lowest BCUT2D eigenvalue weighted by Gasteiger charge is -2.23. The van der Waals surface area contributed by atoms with Gasteiger partial charge in [0.25, 0.3) is 5.91 Å². The largest absolute Gasteiger partial charge is 0.384 e. The maximum atomic E-state index is 13.1. The molecule has 1 saturated heterocycles. The second-order valence-corrected chi connectivity index (χ2v) is 7.35. The van der Waals surface area contributed by atoms with Gasteiger partial charge in [-0.15, -0.1) is 5.10 Å². The van der Waals surface area contributed by atoms with E-state index in [1.807, 2.05) is 29.2 Å². The lowest BCUT2D eigenvalue weighted by Crippen LogP contribution is -2.39. The highest BCUT2D eigenvalue weighted by molar-refractivity contribution is 5.99. The van der Waals surface area contributed by atoms with Gasteiger partial charge in [0, 0.05) is 38.4 Å². The predicted molar refractivity (Wildman–Crippen MR) is 105 cm³/mol. The van der Waals surface area contributed by atoms with Gasteiger partial charge in [0.05, 0.1) is 5.56 Å². The molecule has 2 heterocycles. The highest BCUT2D eigenvalue weighted by Crippen LogP contribution is 2.19. The number of benzene rings is 1. The average molecular weight is 385 g/mol. The zero-order chi connectivity index (χ0) is 19.9. The normalized spacial score (nSPS) is 14.8. The summed E-state index contributed by atoms with van der Waals surface area (Å²) < 4.78 is 1.41. The van der Waals surface area contributed by atoms with Crippen molar-refractivity contribution in [1.82, 2.24) is 30.0 Å². The molecule has 1 aromatic heterocycles. The van der Waals surface area contributed by atoms with Crippen molar-refractivity contribution in [2.75, 3.05) is 38.0 Å². The molecule has 2 aromatic rings. The average Bonchev–Trinajstić information content (AvgIpc) is 3.07. The van der Waals surface area contributed by atoms with Crippen molar-refractivity contribution in [2.45, 2.75) is 26.8 Å². The minimum absolute atomic E-state index is 0.00151. The molecule has 9 nitrogen and oxygen atoms in total. The summed E-state index contributed by atoms with van der Waals surface area (Å²) in [7, 11) is 0. The minimum Gasteiger partial charge on any atom is -0.384 e. The first-order valence-electron chi connectivity index (χ1n) is 9.65. The number of nitrogens with one attached hydrogen (secondary N) is 1. The maximum absolute atomic E-state index is 13.1. The number of rotatable bonds is 6. The molecule has 3 rings (SSSR count). The number of carbonyl (C=O) groups is 2. The summed E-state index contributed by atoms with van der Waals surface area (Å²) in [5.74, 6) is 0.448. The topological polar surface area (TPSA) is 96.2 Å². The predicted octanol–water partition coefficient (Wildman–Crippen LogP) is 1.12. The van der Waals surface area contributed by atoms with Gasteiger partial charge in [-0.05, 0) is 34.9 Å². The number of carbonyl (C=O) groups excluding carboxylic acids is 2. The Kier molecular flexibility index (Phi) is 6.57. The molecule has 1 aliphatic heterocycles. The molecule has 9 heteroatoms. The van der Waals surface area contributed by atoms with Gasteiger partial charge < -0.3 is 15.1 Å². The third-order valence-corrected chi connectivity index (χ3v) is 4.68. The Morgan fingerprint density at radius 1 is 1.11 bits per heavy atom. The smallest absolute Gasteiger partial charge is 0.256 e. The van der Waals surface area contributed by atoms with E-state index in [1.54, 1.807) is 4.90 Å². The summed E-state index contributed by atoms with van der Waals surface area (Å²) in [6.07, 6.45) is 2.17. The summed E-state index contributed by atoms with van der Waals surface area (Å²) in [6, 6.07) is 7.61. The van der Waals surface area contributed by atoms with Crippen molar-refractivity contribution < 1.29 is 9.59 Å². The molecule has 150 valence electrons. The standard InChI is InChI=1S/C19H27N7O2/c1-15(2)12-20-17-7-4-3-6-16(17)19(28)25-9-5-8-24(10-11-25)18(27)13-26-14-21-22-23-26/h3-4,6-7,14-15,20H,5,8-13H2,1-2H3. The van der Waals surface area contributed by atoms with Gasteiger partial charge in [0.2, 0.25) is 5.91 Å². The van der Waals surface area contributed by atoms with Gasteiger partial charge >= 0.3 is 0 Å². The Bertz CT molecular complexity index is 791. The molecule has 0 bridgehead atoms. The monoisotopic (exact) mass is 385 g/mol. The van der Waals surface area contributed by atoms with E-state index in [9.17, 15) is 9.59 Å². The van der Waals surface area contributed by atoms with Crippen LogP contribution < -0.4 is 5.32 Å². The van der Waals surface area contributed by atoms with E-state index in [4.69, 9.17) is 0 Å². The Labute approximate surface area is 164 Å². The number of tetrazole rings is 1. The van der Waals surface area contributed by atoms with Crippen molar-refractivity contribution in [1.29, 1.82) is 0 Å². The molecule has 1 aliphatic rings. The lowest BCUT2D eigenvalue weighted by atomic mass is 10.1. The Morgan fingerprint density at radius 3 is 2.61 bits per heavy atom. The van der Waals surface area contributed by atoms with Crippen molar-refractivity contribution in [3.63, 3.8) is 0 Å². The van der Waals surface area contributed by atoms with Crippen LogP contribution >= 0.6 is 0 Å². The molecular weight excluding hydrogens is 358 g/mol. The van der Waals surface area contributed by atoms with Crippen LogP contribution in [0.3, 0.4) is 0 Å². The van der Waals surface area contributed by atoms with E-state index < -0.39 is 0 Å². The SMILES string of the molecule is CC(C)CNc1ccccc1C(=O)N1CCCN(C(=O)Cn2cnnn2)CC1. The fraction of sp³-hybridized carbons (Fsp3) is 0.526. The molecule has 2 amide bonds. The van der Waals surface area contributed by atoms with E-state index in [2.05, 4.69) is 34.7 Å². The summed E-state index contributed by atoms with van der Waals surface area (Å²) in [5.41, 5.74) is 1.54. The molecule has 28 heavy (non-hydrogen) atoms. The van der Waals surface area contributed by atoms with Gasteiger partial charge in [0.15, 0.2) is 0 Å². The van der Waals surface area contributed by atoms with Crippen LogP contribution in [0.1, 0.15) is 30.6 Å². The van der Waals surface area contributed by atoms with Crippen LogP contribution in [0.2, 0.25) is 0 Å². The maximum Gasteiger partial charge on any atom is 0.256 e. The Hall–Kier alpha value is -2.97. The number of anilines is 1. The van der Waals surface area contributed by atoms with Crippen LogP contribution in [0, 0.1) is 5.92 Å². The van der Waals surface area contributed by atoms with Crippen LogP contribution in [-0.4, -0.2) is 74.5 Å². The summed E-state index contributed by atoms with van der Waals surface area (Å²) in [5, 5.41) is 14.2. The van der Waals surface area contributed by atoms with Crippen LogP contribution in [-0.2, 0) is 11.3 Å². The number of aromatic nitrogens is 4. The molecular formula is C19H27N7O2. The fourth-order valence-electron chi connectivity index (χ4n) is 3.17. The molecule has 1 aromatic carbocycles. The zero-order valence-electron chi connectivity index (χ0n) is 16.4. The van der Waals surface area contributed by atoms with Crippen molar-refractivity contribution in [2.24, 2.45) is 5.92 Å². The number of nitrogens with zero attached hydrogens (tertiary/aromatic N) is 6. The highest BCUT2D eigenvalue weighted by Gasteiger charge is 2.24. The Balaban J connectivity index is 1.62. The molecule has 0 radical (unpaired) electrons. The van der Waals surface area contributed by atoms with E-state index in [0.29, 0.717) is 37.7 Å². The highest BCUT2D eigenvalue weighted by atomic mass is 16.2. The second kappa shape index (κ2) is 9.29. The quantitative estimate of drug-likeness (QED) is 0.800. The van der Waals surface area contributed by atoms with E-state index in [0.717, 1.165) is 18.7 Å². The first-order chi connectivity index (χ1) is 13.5. The van der Waals surface area contributed by atoms with Crippen molar-refractivity contribution in [3.05, 3.63) is 36.2 Å². The molecule has 0 aliphatic carbocycles. The lowest BCUT2D eigenvalue weighted by molar-refractivity contribution is -0.131. The molecule has 0 spiro atoms. The summed E-state index contributed by atoms with van der Waals surface area (Å²) in [6.45, 7) is 7.46. The molecule has 0 saturated carbocycles. The number of para-hydroxylation sites is 1. The van der Waals surface area contributed by atoms with Gasteiger partial charge in [-0.2, -0.15) is 0 Å². The van der Waals surface area contributed by atoms with Gasteiger partial charge in [0.1, 0.15) is 12.9 Å². The van der Waals surface area contributed by atoms with E-state index >= 15 is 0 Å². The minimum atomic E-state index is -0.0411. The Morgan fingerprint density at radius 2 is 1.86 bits per heavy atom. The second-order valence-electron chi connectivity index (χ2n) is 7.35. The van der Waals surface area contributed by atoms with Crippen LogP contribution in [0.5, 0.6) is 0 Å². The molecule has 1 N–H and O–H groups in total. The van der Waals surface area contributed by atoms with E-state index in [-0.39, 0.29) is 18.4 Å². The molecule has 0 unspecified atom stereocenters. The van der Waals surface area contributed by atoms with Crippen molar-refractivity contribution >= 4 is 17.5 Å². The number of hydrogen-bond donors (Lipinski definition) is 1. The van der Waals surface area contributed by atoms with Crippen molar-refractivity contribution in [3.8, 4) is 0 Å². The first kappa shape index (κ1) is 19.8. The summed E-state index contributed by atoms with van der Waals surface area (Å²) >= 11 is 0. The summed E-state index contributed by atoms with van der Waals surface area (Å²) in [4.78, 5) is 29.2. The zero-order valence-corrected chi connectivity index (χ0v) is 16.4. The fourth-order valence-corrected chi connectivity index (χ4v) is 3.17. The van der Waals surface area contributed by atoms with Gasteiger partial charge in [-0.3, -0.25) is 9.59 Å². The van der Waals surface area contributed by atoms with Gasteiger partial charge in [-0.25, -0.2) is 4.68 Å². The number of hydrogen-bond acceptors (Lipinski definition) is 6. The number of amides is 2.